The van der Waals surface area contributed by atoms with E-state index in [0.29, 0.717) is 5.69 Å². The van der Waals surface area contributed by atoms with Gasteiger partial charge in [-0.05, 0) is 81.0 Å². The molecule has 0 aliphatic heterocycles. The Hall–Kier alpha value is -1.17. The Labute approximate surface area is 175 Å². The van der Waals surface area contributed by atoms with Gasteiger partial charge >= 0.3 is 0 Å². The molecule has 7 heteroatoms. The van der Waals surface area contributed by atoms with E-state index in [2.05, 4.69) is 17.3 Å². The van der Waals surface area contributed by atoms with Crippen molar-refractivity contribution in [2.45, 2.75) is 89.6 Å². The molecule has 1 heterocycles. The lowest BCUT2D eigenvalue weighted by Crippen LogP contribution is -2.57. The second-order valence-electron chi connectivity index (χ2n) is 10.1. The van der Waals surface area contributed by atoms with Crippen LogP contribution in [0.2, 0.25) is 5.02 Å². The molecule has 1 amide bonds. The first-order chi connectivity index (χ1) is 13.9. The highest BCUT2D eigenvalue weighted by atomic mass is 35.5. The summed E-state index contributed by atoms with van der Waals surface area (Å²) in [6, 6.07) is 0.161. The Morgan fingerprint density at radius 2 is 1.79 bits per heavy atom. The molecule has 4 nitrogen and oxygen atoms in total. The Kier molecular flexibility index (Phi) is 4.92. The second-order valence-corrected chi connectivity index (χ2v) is 10.5. The highest BCUT2D eigenvalue weighted by Gasteiger charge is 2.54. The fourth-order valence-corrected chi connectivity index (χ4v) is 7.52. The molecule has 1 N–H and O–H groups in total. The predicted octanol–water partition coefficient (Wildman–Crippen LogP) is 5.46. The van der Waals surface area contributed by atoms with Crippen LogP contribution >= 0.6 is 11.6 Å². The number of carbonyl (C=O) groups excluding carboxylic acids is 1. The number of hydrogen-bond acceptors (Lipinski definition) is 2. The predicted molar refractivity (Wildman–Crippen MR) is 107 cm³/mol. The number of rotatable bonds is 7. The Morgan fingerprint density at radius 3 is 2.28 bits per heavy atom. The first kappa shape index (κ1) is 19.8. The third-order valence-corrected chi connectivity index (χ3v) is 8.38. The van der Waals surface area contributed by atoms with Crippen LogP contribution in [0.4, 0.5) is 8.78 Å². The number of alkyl halides is 2. The first-order valence-corrected chi connectivity index (χ1v) is 11.6. The number of nitrogens with one attached hydrogen (secondary N) is 1. The van der Waals surface area contributed by atoms with Crippen molar-refractivity contribution in [2.75, 3.05) is 0 Å². The Bertz CT molecular complexity index is 769. The summed E-state index contributed by atoms with van der Waals surface area (Å²) in [6.07, 6.45) is 7.83. The Balaban J connectivity index is 1.32. The molecule has 1 aromatic heterocycles. The average molecular weight is 426 g/mol. The van der Waals surface area contributed by atoms with E-state index >= 15 is 0 Å². The number of amides is 1. The van der Waals surface area contributed by atoms with Crippen LogP contribution in [0.3, 0.4) is 0 Å². The summed E-state index contributed by atoms with van der Waals surface area (Å²) >= 11 is 6.19. The minimum Gasteiger partial charge on any atom is -0.351 e. The van der Waals surface area contributed by atoms with Crippen molar-refractivity contribution in [1.29, 1.82) is 0 Å². The van der Waals surface area contributed by atoms with Crippen molar-refractivity contribution in [3.05, 3.63) is 16.4 Å². The summed E-state index contributed by atoms with van der Waals surface area (Å²) in [6.45, 7) is 2.12. The van der Waals surface area contributed by atoms with Crippen LogP contribution in [-0.2, 0) is 11.3 Å². The van der Waals surface area contributed by atoms with Crippen molar-refractivity contribution < 1.29 is 13.6 Å². The summed E-state index contributed by atoms with van der Waals surface area (Å²) in [5.74, 6) is 2.50. The van der Waals surface area contributed by atoms with E-state index < -0.39 is 12.1 Å². The maximum atomic E-state index is 13.3. The molecule has 1 unspecified atom stereocenters. The van der Waals surface area contributed by atoms with E-state index in [4.69, 9.17) is 11.6 Å². The molecule has 0 radical (unpaired) electrons. The number of nitrogens with zero attached hydrogens (tertiary/aromatic N) is 2. The molecule has 0 spiro atoms. The van der Waals surface area contributed by atoms with Crippen LogP contribution < -0.4 is 5.32 Å². The number of carbonyl (C=O) groups is 1. The lowest BCUT2D eigenvalue weighted by molar-refractivity contribution is -0.127. The Morgan fingerprint density at radius 1 is 1.21 bits per heavy atom. The van der Waals surface area contributed by atoms with Gasteiger partial charge in [-0.1, -0.05) is 18.5 Å². The highest BCUT2D eigenvalue weighted by Crippen LogP contribution is 2.61. The molecular weight excluding hydrogens is 396 g/mol. The summed E-state index contributed by atoms with van der Waals surface area (Å²) in [4.78, 5) is 13.0. The van der Waals surface area contributed by atoms with Gasteiger partial charge in [-0.25, -0.2) is 8.78 Å². The van der Waals surface area contributed by atoms with Gasteiger partial charge in [-0.3, -0.25) is 9.48 Å². The molecule has 160 valence electrons. The van der Waals surface area contributed by atoms with Crippen molar-refractivity contribution in [3.8, 4) is 0 Å². The zero-order valence-electron chi connectivity index (χ0n) is 17.0. The summed E-state index contributed by atoms with van der Waals surface area (Å²) in [5, 5.41) is 7.34. The van der Waals surface area contributed by atoms with Gasteiger partial charge in [0.15, 0.2) is 0 Å². The summed E-state index contributed by atoms with van der Waals surface area (Å²) in [7, 11) is 0. The first-order valence-electron chi connectivity index (χ1n) is 11.2. The second kappa shape index (κ2) is 7.21. The van der Waals surface area contributed by atoms with Crippen LogP contribution in [0.5, 0.6) is 0 Å². The van der Waals surface area contributed by atoms with E-state index in [1.807, 2.05) is 0 Å². The monoisotopic (exact) mass is 425 g/mol. The minimum atomic E-state index is -2.72. The normalized spacial score (nSPS) is 34.0. The van der Waals surface area contributed by atoms with Gasteiger partial charge in [0.2, 0.25) is 5.91 Å². The standard InChI is InChI=1S/C22H30ClF2N3O/c1-2-16(22-8-12-5-13(9-22)7-14(6-12)10-22)26-17(29)11-28-20(15-3-4-15)18(23)19(27-28)21(24)25/h12-16,21H,2-11H2,1H3,(H,26,29). The number of halogens is 3. The largest absolute Gasteiger partial charge is 0.351 e. The topological polar surface area (TPSA) is 46.9 Å². The summed E-state index contributed by atoms with van der Waals surface area (Å²) in [5.41, 5.74) is 0.448. The highest BCUT2D eigenvalue weighted by molar-refractivity contribution is 6.32. The molecule has 5 aliphatic carbocycles. The van der Waals surface area contributed by atoms with Crippen LogP contribution in [0.25, 0.3) is 0 Å². The van der Waals surface area contributed by atoms with Gasteiger partial charge in [-0.15, -0.1) is 0 Å². The lowest BCUT2D eigenvalue weighted by Gasteiger charge is -2.59. The third kappa shape index (κ3) is 3.49. The molecule has 5 aliphatic rings. The third-order valence-electron chi connectivity index (χ3n) is 7.99. The van der Waals surface area contributed by atoms with Gasteiger partial charge in [-0.2, -0.15) is 5.10 Å². The average Bonchev–Trinajstić information content (AvgIpc) is 3.42. The molecule has 5 fully saturated rings. The number of aromatic nitrogens is 2. The van der Waals surface area contributed by atoms with Crippen LogP contribution in [0.15, 0.2) is 0 Å². The molecule has 0 aromatic carbocycles. The van der Waals surface area contributed by atoms with Crippen molar-refractivity contribution in [1.82, 2.24) is 15.1 Å². The molecule has 4 bridgehead atoms. The SMILES string of the molecule is CCC(NC(=O)Cn1nc(C(F)F)c(Cl)c1C1CC1)C12CC3CC(CC(C3)C1)C2. The zero-order chi connectivity index (χ0) is 20.3. The quantitative estimate of drug-likeness (QED) is 0.630. The van der Waals surface area contributed by atoms with Crippen LogP contribution in [0, 0.1) is 23.2 Å². The van der Waals surface area contributed by atoms with E-state index in [9.17, 15) is 13.6 Å². The maximum Gasteiger partial charge on any atom is 0.283 e. The molecule has 0 saturated heterocycles. The number of hydrogen-bond donors (Lipinski definition) is 1. The van der Waals surface area contributed by atoms with Gasteiger partial charge in [0.1, 0.15) is 12.2 Å². The van der Waals surface area contributed by atoms with E-state index in [-0.39, 0.29) is 34.8 Å². The van der Waals surface area contributed by atoms with Gasteiger partial charge in [0.05, 0.1) is 10.7 Å². The molecular formula is C22H30ClF2N3O. The zero-order valence-corrected chi connectivity index (χ0v) is 17.7. The molecule has 6 rings (SSSR count). The van der Waals surface area contributed by atoms with Gasteiger partial charge < -0.3 is 5.32 Å². The fourth-order valence-electron chi connectivity index (χ4n) is 7.15. The van der Waals surface area contributed by atoms with Crippen molar-refractivity contribution in [2.24, 2.45) is 23.2 Å². The van der Waals surface area contributed by atoms with E-state index in [1.54, 1.807) is 0 Å². The van der Waals surface area contributed by atoms with Gasteiger partial charge in [0, 0.05) is 12.0 Å². The molecule has 29 heavy (non-hydrogen) atoms. The van der Waals surface area contributed by atoms with Crippen molar-refractivity contribution in [3.63, 3.8) is 0 Å². The van der Waals surface area contributed by atoms with Crippen molar-refractivity contribution >= 4 is 17.5 Å². The van der Waals surface area contributed by atoms with E-state index in [0.717, 1.165) is 37.0 Å². The van der Waals surface area contributed by atoms with Crippen LogP contribution in [-0.4, -0.2) is 21.7 Å². The molecule has 1 aromatic rings. The van der Waals surface area contributed by atoms with Gasteiger partial charge in [0.25, 0.3) is 6.43 Å². The molecule has 1 atom stereocenters. The van der Waals surface area contributed by atoms with Crippen LogP contribution in [0.1, 0.15) is 88.4 Å². The summed E-state index contributed by atoms with van der Waals surface area (Å²) < 4.78 is 28.0. The molecule has 5 saturated carbocycles. The minimum absolute atomic E-state index is 0.0266. The maximum absolute atomic E-state index is 13.3. The lowest BCUT2D eigenvalue weighted by atomic mass is 9.47. The fraction of sp³-hybridized carbons (Fsp3) is 0.818. The van der Waals surface area contributed by atoms with E-state index in [1.165, 1.54) is 43.2 Å². The smallest absolute Gasteiger partial charge is 0.283 e.